The number of nitrogens with zero attached hydrogens (tertiary/aromatic N) is 1. The normalized spacial score (nSPS) is 25.2. The van der Waals surface area contributed by atoms with E-state index in [1.165, 1.54) is 28.6 Å². The average molecular weight is 369 g/mol. The predicted octanol–water partition coefficient (Wildman–Crippen LogP) is 2.62. The summed E-state index contributed by atoms with van der Waals surface area (Å²) in [4.78, 5) is 12.4. The van der Waals surface area contributed by atoms with Gasteiger partial charge in [-0.1, -0.05) is 0 Å². The number of ketones is 1. The SMILES string of the molecule is O=C(C[C@H]1CCCN1S(=O)(=O)C[C@H]1CCCOC1)c1ccc(F)cc1. The van der Waals surface area contributed by atoms with E-state index in [1.807, 2.05) is 0 Å². The van der Waals surface area contributed by atoms with Crippen LogP contribution in [0.1, 0.15) is 42.5 Å². The summed E-state index contributed by atoms with van der Waals surface area (Å²) in [6.07, 6.45) is 3.36. The lowest BCUT2D eigenvalue weighted by atomic mass is 10.0. The summed E-state index contributed by atoms with van der Waals surface area (Å²) in [7, 11) is -3.40. The molecule has 0 unspecified atom stereocenters. The van der Waals surface area contributed by atoms with Gasteiger partial charge in [0.05, 0.1) is 12.4 Å². The van der Waals surface area contributed by atoms with Crippen molar-refractivity contribution in [1.29, 1.82) is 0 Å². The molecule has 3 rings (SSSR count). The molecule has 0 bridgehead atoms. The van der Waals surface area contributed by atoms with Crippen LogP contribution in [0.3, 0.4) is 0 Å². The highest BCUT2D eigenvalue weighted by Crippen LogP contribution is 2.27. The van der Waals surface area contributed by atoms with Crippen LogP contribution in [0, 0.1) is 11.7 Å². The van der Waals surface area contributed by atoms with E-state index in [0.29, 0.717) is 31.7 Å². The summed E-state index contributed by atoms with van der Waals surface area (Å²) in [5, 5.41) is 0. The summed E-state index contributed by atoms with van der Waals surface area (Å²) < 4.78 is 45.4. The van der Waals surface area contributed by atoms with Crippen molar-refractivity contribution in [2.45, 2.75) is 38.1 Å². The lowest BCUT2D eigenvalue weighted by Crippen LogP contribution is -2.41. The maximum Gasteiger partial charge on any atom is 0.214 e. The van der Waals surface area contributed by atoms with Crippen LogP contribution in [-0.2, 0) is 14.8 Å². The van der Waals surface area contributed by atoms with Gasteiger partial charge < -0.3 is 4.74 Å². The summed E-state index contributed by atoms with van der Waals surface area (Å²) in [5.74, 6) is -0.411. The Labute approximate surface area is 148 Å². The molecule has 25 heavy (non-hydrogen) atoms. The first-order valence-electron chi connectivity index (χ1n) is 8.82. The monoisotopic (exact) mass is 369 g/mol. The molecule has 0 N–H and O–H groups in total. The van der Waals surface area contributed by atoms with Gasteiger partial charge in [-0.25, -0.2) is 12.8 Å². The molecule has 2 saturated heterocycles. The summed E-state index contributed by atoms with van der Waals surface area (Å²) >= 11 is 0. The van der Waals surface area contributed by atoms with E-state index >= 15 is 0 Å². The van der Waals surface area contributed by atoms with Gasteiger partial charge in [-0.15, -0.1) is 0 Å². The molecule has 0 amide bonds. The van der Waals surface area contributed by atoms with Crippen LogP contribution in [0.4, 0.5) is 4.39 Å². The first-order valence-corrected chi connectivity index (χ1v) is 10.4. The zero-order valence-electron chi connectivity index (χ0n) is 14.2. The van der Waals surface area contributed by atoms with E-state index in [4.69, 9.17) is 4.74 Å². The molecule has 0 aromatic heterocycles. The number of Topliss-reactive ketones (excluding diaryl/α,β-unsaturated/α-hetero) is 1. The number of benzene rings is 1. The lowest BCUT2D eigenvalue weighted by molar-refractivity contribution is 0.0621. The van der Waals surface area contributed by atoms with Crippen LogP contribution in [0.2, 0.25) is 0 Å². The highest BCUT2D eigenvalue weighted by molar-refractivity contribution is 7.89. The number of carbonyl (C=O) groups excluding carboxylic acids is 1. The van der Waals surface area contributed by atoms with Crippen LogP contribution in [-0.4, -0.2) is 50.1 Å². The zero-order valence-corrected chi connectivity index (χ0v) is 15.0. The summed E-state index contributed by atoms with van der Waals surface area (Å²) in [6.45, 7) is 1.67. The van der Waals surface area contributed by atoms with Gasteiger partial charge in [0.1, 0.15) is 5.82 Å². The Bertz CT molecular complexity index is 698. The van der Waals surface area contributed by atoms with Crippen molar-refractivity contribution in [2.24, 2.45) is 5.92 Å². The molecular weight excluding hydrogens is 345 g/mol. The minimum atomic E-state index is -3.40. The van der Waals surface area contributed by atoms with E-state index in [0.717, 1.165) is 19.3 Å². The fourth-order valence-corrected chi connectivity index (χ4v) is 5.77. The van der Waals surface area contributed by atoms with Crippen LogP contribution in [0.5, 0.6) is 0 Å². The molecule has 0 spiro atoms. The smallest absolute Gasteiger partial charge is 0.214 e. The molecular formula is C18H24FNO4S. The molecule has 0 radical (unpaired) electrons. The van der Waals surface area contributed by atoms with Crippen molar-refractivity contribution in [2.75, 3.05) is 25.5 Å². The van der Waals surface area contributed by atoms with Gasteiger partial charge in [0.15, 0.2) is 5.78 Å². The Kier molecular flexibility index (Phi) is 5.86. The second kappa shape index (κ2) is 7.93. The van der Waals surface area contributed by atoms with Crippen molar-refractivity contribution >= 4 is 15.8 Å². The van der Waals surface area contributed by atoms with Gasteiger partial charge >= 0.3 is 0 Å². The number of hydrogen-bond donors (Lipinski definition) is 0. The number of halogens is 1. The minimum absolute atomic E-state index is 0.0350. The Morgan fingerprint density at radius 1 is 1.20 bits per heavy atom. The molecule has 1 aromatic carbocycles. The van der Waals surface area contributed by atoms with Crippen molar-refractivity contribution in [3.8, 4) is 0 Å². The molecule has 2 fully saturated rings. The molecule has 5 nitrogen and oxygen atoms in total. The lowest BCUT2D eigenvalue weighted by Gasteiger charge is -2.28. The molecule has 7 heteroatoms. The third-order valence-electron chi connectivity index (χ3n) is 4.97. The van der Waals surface area contributed by atoms with Gasteiger partial charge in [0, 0.05) is 31.2 Å². The van der Waals surface area contributed by atoms with Crippen LogP contribution in [0.15, 0.2) is 24.3 Å². The van der Waals surface area contributed by atoms with Crippen molar-refractivity contribution in [3.05, 3.63) is 35.6 Å². The van der Waals surface area contributed by atoms with Gasteiger partial charge in [-0.3, -0.25) is 4.79 Å². The molecule has 2 atom stereocenters. The number of hydrogen-bond acceptors (Lipinski definition) is 4. The minimum Gasteiger partial charge on any atom is -0.381 e. The van der Waals surface area contributed by atoms with Gasteiger partial charge in [-0.2, -0.15) is 4.31 Å². The van der Waals surface area contributed by atoms with E-state index in [9.17, 15) is 17.6 Å². The van der Waals surface area contributed by atoms with Gasteiger partial charge in [-0.05, 0) is 55.9 Å². The Hall–Kier alpha value is -1.31. The van der Waals surface area contributed by atoms with Crippen LogP contribution >= 0.6 is 0 Å². The zero-order chi connectivity index (χ0) is 17.9. The molecule has 2 heterocycles. The van der Waals surface area contributed by atoms with E-state index in [2.05, 4.69) is 0 Å². The van der Waals surface area contributed by atoms with Crippen molar-refractivity contribution < 1.29 is 22.3 Å². The van der Waals surface area contributed by atoms with E-state index in [-0.39, 0.29) is 29.9 Å². The average Bonchev–Trinajstić information content (AvgIpc) is 3.05. The fraction of sp³-hybridized carbons (Fsp3) is 0.611. The molecule has 1 aromatic rings. The third-order valence-corrected chi connectivity index (χ3v) is 7.06. The number of carbonyl (C=O) groups is 1. The molecule has 2 aliphatic rings. The van der Waals surface area contributed by atoms with Gasteiger partial charge in [0.2, 0.25) is 10.0 Å². The maximum atomic E-state index is 13.0. The molecule has 2 aliphatic heterocycles. The first kappa shape index (κ1) is 18.5. The fourth-order valence-electron chi connectivity index (χ4n) is 3.68. The Balaban J connectivity index is 1.64. The first-order chi connectivity index (χ1) is 12.0. The molecule has 138 valence electrons. The quantitative estimate of drug-likeness (QED) is 0.723. The van der Waals surface area contributed by atoms with E-state index in [1.54, 1.807) is 0 Å². The maximum absolute atomic E-state index is 13.0. The highest BCUT2D eigenvalue weighted by Gasteiger charge is 2.37. The molecule has 0 aliphatic carbocycles. The molecule has 0 saturated carbocycles. The predicted molar refractivity (Wildman–Crippen MR) is 92.4 cm³/mol. The second-order valence-corrected chi connectivity index (χ2v) is 8.87. The van der Waals surface area contributed by atoms with Crippen LogP contribution in [0.25, 0.3) is 0 Å². The van der Waals surface area contributed by atoms with Crippen molar-refractivity contribution in [3.63, 3.8) is 0 Å². The van der Waals surface area contributed by atoms with Gasteiger partial charge in [0.25, 0.3) is 0 Å². The highest BCUT2D eigenvalue weighted by atomic mass is 32.2. The number of sulfonamides is 1. The third kappa shape index (κ3) is 4.65. The largest absolute Gasteiger partial charge is 0.381 e. The van der Waals surface area contributed by atoms with E-state index < -0.39 is 15.8 Å². The standard InChI is InChI=1S/C18H24FNO4S/c19-16-7-5-15(6-8-16)18(21)11-17-4-1-9-20(17)25(22,23)13-14-3-2-10-24-12-14/h5-8,14,17H,1-4,9-13H2/t14-,17+/m0/s1. The second-order valence-electron chi connectivity index (χ2n) is 6.90. The number of rotatable bonds is 6. The number of ether oxygens (including phenoxy) is 1. The topological polar surface area (TPSA) is 63.7 Å². The van der Waals surface area contributed by atoms with Crippen LogP contribution < -0.4 is 0 Å². The summed E-state index contributed by atoms with van der Waals surface area (Å²) in [6, 6.07) is 5.10. The summed E-state index contributed by atoms with van der Waals surface area (Å²) in [5.41, 5.74) is 0.423. The Morgan fingerprint density at radius 2 is 1.96 bits per heavy atom. The van der Waals surface area contributed by atoms with Crippen molar-refractivity contribution in [1.82, 2.24) is 4.31 Å². The Morgan fingerprint density at radius 3 is 2.64 bits per heavy atom.